The highest BCUT2D eigenvalue weighted by atomic mass is 19.1. The zero-order valence-corrected chi connectivity index (χ0v) is 12.0. The van der Waals surface area contributed by atoms with E-state index in [1.165, 1.54) is 12.5 Å². The van der Waals surface area contributed by atoms with E-state index >= 15 is 0 Å². The van der Waals surface area contributed by atoms with Crippen LogP contribution in [0, 0.1) is 17.7 Å². The Morgan fingerprint density at radius 2 is 2.30 bits per heavy atom. The molecule has 2 N–H and O–H groups in total. The number of hydrogen-bond acceptors (Lipinski definition) is 2. The molecule has 1 saturated heterocycles. The molecule has 0 bridgehead atoms. The third-order valence-corrected chi connectivity index (χ3v) is 3.95. The van der Waals surface area contributed by atoms with Crippen LogP contribution in [0.5, 0.6) is 0 Å². The van der Waals surface area contributed by atoms with Gasteiger partial charge in [0.15, 0.2) is 0 Å². The lowest BCUT2D eigenvalue weighted by Crippen LogP contribution is -2.32. The Hall–Kier alpha value is -1.42. The van der Waals surface area contributed by atoms with E-state index in [1.54, 1.807) is 18.2 Å². The van der Waals surface area contributed by atoms with Crippen molar-refractivity contribution in [1.29, 1.82) is 0 Å². The summed E-state index contributed by atoms with van der Waals surface area (Å²) >= 11 is 0. The molecule has 0 radical (unpaired) electrons. The average molecular weight is 278 g/mol. The lowest BCUT2D eigenvalue weighted by atomic mass is 9.99. The van der Waals surface area contributed by atoms with Gasteiger partial charge in [-0.15, -0.1) is 0 Å². The number of carbonyl (C=O) groups excluding carboxylic acids is 1. The van der Waals surface area contributed by atoms with Crippen molar-refractivity contribution in [3.63, 3.8) is 0 Å². The van der Waals surface area contributed by atoms with E-state index in [2.05, 4.69) is 10.6 Å². The molecule has 1 aliphatic heterocycles. The van der Waals surface area contributed by atoms with Gasteiger partial charge in [0.1, 0.15) is 5.82 Å². The predicted molar refractivity (Wildman–Crippen MR) is 77.9 cm³/mol. The van der Waals surface area contributed by atoms with Crippen LogP contribution < -0.4 is 10.6 Å². The lowest BCUT2D eigenvalue weighted by Gasteiger charge is -2.14. The Morgan fingerprint density at radius 1 is 1.50 bits per heavy atom. The second-order valence-electron chi connectivity index (χ2n) is 5.64. The molecule has 2 unspecified atom stereocenters. The SMILES string of the molecule is CC(Cc1ccccc1F)C(=O)NCCC1CCNC1. The molecule has 1 heterocycles. The average Bonchev–Trinajstić information content (AvgIpc) is 2.94. The number of hydrogen-bond donors (Lipinski definition) is 2. The Morgan fingerprint density at radius 3 is 3.00 bits per heavy atom. The third-order valence-electron chi connectivity index (χ3n) is 3.95. The van der Waals surface area contributed by atoms with Crippen LogP contribution in [0.4, 0.5) is 4.39 Å². The molecule has 1 aliphatic rings. The monoisotopic (exact) mass is 278 g/mol. The second kappa shape index (κ2) is 7.39. The van der Waals surface area contributed by atoms with Crippen molar-refractivity contribution in [1.82, 2.24) is 10.6 Å². The highest BCUT2D eigenvalue weighted by Gasteiger charge is 2.17. The largest absolute Gasteiger partial charge is 0.356 e. The Kier molecular flexibility index (Phi) is 5.53. The summed E-state index contributed by atoms with van der Waals surface area (Å²) in [6.07, 6.45) is 2.66. The number of nitrogens with one attached hydrogen (secondary N) is 2. The number of carbonyl (C=O) groups is 1. The molecule has 1 aromatic rings. The Balaban J connectivity index is 1.73. The number of rotatable bonds is 6. The van der Waals surface area contributed by atoms with Gasteiger partial charge in [-0.25, -0.2) is 4.39 Å². The van der Waals surface area contributed by atoms with Crippen LogP contribution in [0.25, 0.3) is 0 Å². The predicted octanol–water partition coefficient (Wildman–Crippen LogP) is 2.12. The van der Waals surface area contributed by atoms with Gasteiger partial charge in [0, 0.05) is 12.5 Å². The fourth-order valence-corrected chi connectivity index (χ4v) is 2.62. The molecule has 20 heavy (non-hydrogen) atoms. The summed E-state index contributed by atoms with van der Waals surface area (Å²) in [6, 6.07) is 6.64. The maximum atomic E-state index is 13.5. The van der Waals surface area contributed by atoms with Crippen LogP contribution in [0.1, 0.15) is 25.3 Å². The van der Waals surface area contributed by atoms with Crippen molar-refractivity contribution in [3.8, 4) is 0 Å². The summed E-state index contributed by atoms with van der Waals surface area (Å²) < 4.78 is 13.5. The maximum absolute atomic E-state index is 13.5. The van der Waals surface area contributed by atoms with Gasteiger partial charge < -0.3 is 10.6 Å². The van der Waals surface area contributed by atoms with E-state index in [-0.39, 0.29) is 17.6 Å². The van der Waals surface area contributed by atoms with Gasteiger partial charge in [-0.2, -0.15) is 0 Å². The molecule has 1 amide bonds. The summed E-state index contributed by atoms with van der Waals surface area (Å²) in [6.45, 7) is 4.70. The normalized spacial score (nSPS) is 19.8. The van der Waals surface area contributed by atoms with Gasteiger partial charge in [0.25, 0.3) is 0 Å². The highest BCUT2D eigenvalue weighted by Crippen LogP contribution is 2.13. The molecule has 1 fully saturated rings. The first-order chi connectivity index (χ1) is 9.66. The van der Waals surface area contributed by atoms with Gasteiger partial charge >= 0.3 is 0 Å². The first-order valence-electron chi connectivity index (χ1n) is 7.38. The van der Waals surface area contributed by atoms with E-state index in [0.717, 1.165) is 19.5 Å². The van der Waals surface area contributed by atoms with Crippen LogP contribution in [0.15, 0.2) is 24.3 Å². The molecular weight excluding hydrogens is 255 g/mol. The molecule has 0 aliphatic carbocycles. The van der Waals surface area contributed by atoms with Crippen molar-refractivity contribution in [2.24, 2.45) is 11.8 Å². The minimum Gasteiger partial charge on any atom is -0.356 e. The molecular formula is C16H23FN2O. The first kappa shape index (κ1) is 15.0. The maximum Gasteiger partial charge on any atom is 0.223 e. The molecule has 3 nitrogen and oxygen atoms in total. The van der Waals surface area contributed by atoms with Crippen LogP contribution >= 0.6 is 0 Å². The smallest absolute Gasteiger partial charge is 0.223 e. The Labute approximate surface area is 120 Å². The van der Waals surface area contributed by atoms with Crippen LogP contribution in [0.3, 0.4) is 0 Å². The molecule has 1 aromatic carbocycles. The second-order valence-corrected chi connectivity index (χ2v) is 5.64. The van der Waals surface area contributed by atoms with Gasteiger partial charge in [0.05, 0.1) is 0 Å². The van der Waals surface area contributed by atoms with E-state index in [0.29, 0.717) is 24.4 Å². The molecule has 2 atom stereocenters. The minimum absolute atomic E-state index is 0.0132. The number of halogens is 1. The lowest BCUT2D eigenvalue weighted by molar-refractivity contribution is -0.124. The molecule has 0 spiro atoms. The Bertz CT molecular complexity index is 444. The van der Waals surface area contributed by atoms with Crippen molar-refractivity contribution in [3.05, 3.63) is 35.6 Å². The minimum atomic E-state index is -0.232. The zero-order valence-electron chi connectivity index (χ0n) is 12.0. The van der Waals surface area contributed by atoms with Crippen molar-refractivity contribution in [2.45, 2.75) is 26.2 Å². The number of benzene rings is 1. The third kappa shape index (κ3) is 4.30. The fraction of sp³-hybridized carbons (Fsp3) is 0.562. The summed E-state index contributed by atoms with van der Waals surface area (Å²) in [4.78, 5) is 12.0. The standard InChI is InChI=1S/C16H23FN2O/c1-12(10-14-4-2-3-5-15(14)17)16(20)19-9-7-13-6-8-18-11-13/h2-5,12-13,18H,6-11H2,1H3,(H,19,20). The van der Waals surface area contributed by atoms with Crippen LogP contribution in [0.2, 0.25) is 0 Å². The number of amides is 1. The van der Waals surface area contributed by atoms with Crippen molar-refractivity contribution >= 4 is 5.91 Å². The summed E-state index contributed by atoms with van der Waals surface area (Å²) in [5, 5.41) is 6.28. The van der Waals surface area contributed by atoms with Gasteiger partial charge in [-0.1, -0.05) is 25.1 Å². The van der Waals surface area contributed by atoms with Gasteiger partial charge in [-0.05, 0) is 49.9 Å². The van der Waals surface area contributed by atoms with Gasteiger partial charge in [0.2, 0.25) is 5.91 Å². The summed E-state index contributed by atoms with van der Waals surface area (Å²) in [5.41, 5.74) is 0.607. The van der Waals surface area contributed by atoms with Gasteiger partial charge in [-0.3, -0.25) is 4.79 Å². The molecule has 110 valence electrons. The summed E-state index contributed by atoms with van der Waals surface area (Å²) in [7, 11) is 0. The van der Waals surface area contributed by atoms with Crippen LogP contribution in [-0.4, -0.2) is 25.5 Å². The zero-order chi connectivity index (χ0) is 14.4. The first-order valence-corrected chi connectivity index (χ1v) is 7.38. The fourth-order valence-electron chi connectivity index (χ4n) is 2.62. The molecule has 2 rings (SSSR count). The quantitative estimate of drug-likeness (QED) is 0.837. The van der Waals surface area contributed by atoms with Crippen molar-refractivity contribution in [2.75, 3.05) is 19.6 Å². The molecule has 0 saturated carbocycles. The van der Waals surface area contributed by atoms with E-state index in [9.17, 15) is 9.18 Å². The molecule has 0 aromatic heterocycles. The highest BCUT2D eigenvalue weighted by molar-refractivity contribution is 5.78. The van der Waals surface area contributed by atoms with E-state index in [1.807, 2.05) is 6.92 Å². The van der Waals surface area contributed by atoms with E-state index in [4.69, 9.17) is 0 Å². The van der Waals surface area contributed by atoms with Crippen LogP contribution in [-0.2, 0) is 11.2 Å². The topological polar surface area (TPSA) is 41.1 Å². The summed E-state index contributed by atoms with van der Waals surface area (Å²) in [5.74, 6) is 0.258. The molecule has 4 heteroatoms. The van der Waals surface area contributed by atoms with Crippen molar-refractivity contribution < 1.29 is 9.18 Å². The van der Waals surface area contributed by atoms with E-state index < -0.39 is 0 Å².